The number of carbonyl (C=O) groups is 1. The summed E-state index contributed by atoms with van der Waals surface area (Å²) in [5, 5.41) is 10.1. The van der Waals surface area contributed by atoms with Gasteiger partial charge in [-0.15, -0.1) is 0 Å². The van der Waals surface area contributed by atoms with E-state index in [0.29, 0.717) is 31.2 Å². The summed E-state index contributed by atoms with van der Waals surface area (Å²) in [5.74, 6) is 2.93. The smallest absolute Gasteiger partial charge is 0.221 e. The van der Waals surface area contributed by atoms with E-state index in [1.165, 1.54) is 0 Å². The number of nitrogens with one attached hydrogen (secondary N) is 2. The zero-order chi connectivity index (χ0) is 22.3. The Balaban J connectivity index is 1.30. The number of methoxy groups -OCH3 is 1. The molecule has 1 amide bonds. The SMILES string of the molecule is CCC1CN(CCC(=O)NCc2nc(-c3ccccc3)n[nH]2)Cc2cc(OC)ccc2O1. The van der Waals surface area contributed by atoms with E-state index in [4.69, 9.17) is 9.47 Å². The van der Waals surface area contributed by atoms with Gasteiger partial charge in [0.1, 0.15) is 23.4 Å². The minimum Gasteiger partial charge on any atom is -0.497 e. The number of ether oxygens (including phenoxy) is 2. The third-order valence-electron chi connectivity index (χ3n) is 5.54. The molecule has 3 aromatic rings. The summed E-state index contributed by atoms with van der Waals surface area (Å²) < 4.78 is 11.5. The van der Waals surface area contributed by atoms with Crippen molar-refractivity contribution in [1.82, 2.24) is 25.4 Å². The summed E-state index contributed by atoms with van der Waals surface area (Å²) in [6, 6.07) is 15.6. The van der Waals surface area contributed by atoms with Crippen LogP contribution in [0.2, 0.25) is 0 Å². The Kier molecular flexibility index (Phi) is 7.01. The van der Waals surface area contributed by atoms with Gasteiger partial charge in [0, 0.05) is 37.2 Å². The molecule has 0 saturated carbocycles. The Morgan fingerprint density at radius 1 is 1.28 bits per heavy atom. The quantitative estimate of drug-likeness (QED) is 0.565. The molecule has 0 saturated heterocycles. The van der Waals surface area contributed by atoms with Gasteiger partial charge in [-0.05, 0) is 24.6 Å². The molecule has 2 aromatic carbocycles. The number of nitrogens with zero attached hydrogens (tertiary/aromatic N) is 3. The second kappa shape index (κ2) is 10.3. The van der Waals surface area contributed by atoms with Crippen molar-refractivity contribution in [3.8, 4) is 22.9 Å². The van der Waals surface area contributed by atoms with Crippen LogP contribution in [0.4, 0.5) is 0 Å². The first-order valence-electron chi connectivity index (χ1n) is 10.9. The summed E-state index contributed by atoms with van der Waals surface area (Å²) in [5.41, 5.74) is 2.02. The first-order valence-corrected chi connectivity index (χ1v) is 10.9. The van der Waals surface area contributed by atoms with Crippen LogP contribution in [0.1, 0.15) is 31.2 Å². The van der Waals surface area contributed by atoms with Gasteiger partial charge in [0.05, 0.1) is 13.7 Å². The fraction of sp³-hybridized carbons (Fsp3) is 0.375. The molecule has 1 aromatic heterocycles. The minimum atomic E-state index is -0.0215. The number of hydrogen-bond acceptors (Lipinski definition) is 6. The molecule has 1 aliphatic rings. The zero-order valence-electron chi connectivity index (χ0n) is 18.5. The summed E-state index contributed by atoms with van der Waals surface area (Å²) in [6.45, 7) is 4.58. The predicted molar refractivity (Wildman–Crippen MR) is 121 cm³/mol. The molecule has 1 unspecified atom stereocenters. The van der Waals surface area contributed by atoms with Gasteiger partial charge in [-0.3, -0.25) is 14.8 Å². The molecule has 2 heterocycles. The maximum atomic E-state index is 12.5. The van der Waals surface area contributed by atoms with Crippen LogP contribution in [0, 0.1) is 0 Å². The predicted octanol–water partition coefficient (Wildman–Crippen LogP) is 3.16. The largest absolute Gasteiger partial charge is 0.497 e. The molecule has 1 atom stereocenters. The highest BCUT2D eigenvalue weighted by atomic mass is 16.5. The molecule has 0 spiro atoms. The van der Waals surface area contributed by atoms with Crippen molar-refractivity contribution < 1.29 is 14.3 Å². The highest BCUT2D eigenvalue weighted by Gasteiger charge is 2.22. The molecule has 8 heteroatoms. The lowest BCUT2D eigenvalue weighted by Gasteiger charge is -2.22. The highest BCUT2D eigenvalue weighted by Crippen LogP contribution is 2.29. The summed E-state index contributed by atoms with van der Waals surface area (Å²) >= 11 is 0. The molecule has 32 heavy (non-hydrogen) atoms. The Bertz CT molecular complexity index is 1040. The van der Waals surface area contributed by atoms with Crippen molar-refractivity contribution in [2.45, 2.75) is 39.0 Å². The van der Waals surface area contributed by atoms with Crippen LogP contribution in [-0.4, -0.2) is 52.3 Å². The Morgan fingerprint density at radius 2 is 2.12 bits per heavy atom. The Labute approximate surface area is 188 Å². The average Bonchev–Trinajstić information content (AvgIpc) is 3.23. The summed E-state index contributed by atoms with van der Waals surface area (Å²) in [4.78, 5) is 19.2. The molecule has 0 aliphatic carbocycles. The lowest BCUT2D eigenvalue weighted by Crippen LogP contribution is -2.35. The van der Waals surface area contributed by atoms with E-state index in [2.05, 4.69) is 32.3 Å². The minimum absolute atomic E-state index is 0.0215. The molecule has 8 nitrogen and oxygen atoms in total. The van der Waals surface area contributed by atoms with E-state index >= 15 is 0 Å². The van der Waals surface area contributed by atoms with Crippen molar-refractivity contribution in [2.75, 3.05) is 20.2 Å². The van der Waals surface area contributed by atoms with Crippen LogP contribution < -0.4 is 14.8 Å². The van der Waals surface area contributed by atoms with Gasteiger partial charge in [0.2, 0.25) is 5.91 Å². The van der Waals surface area contributed by atoms with Crippen LogP contribution in [0.5, 0.6) is 11.5 Å². The van der Waals surface area contributed by atoms with E-state index in [9.17, 15) is 4.79 Å². The van der Waals surface area contributed by atoms with Crippen molar-refractivity contribution in [3.63, 3.8) is 0 Å². The van der Waals surface area contributed by atoms with Crippen LogP contribution in [0.25, 0.3) is 11.4 Å². The van der Waals surface area contributed by atoms with Crippen LogP contribution in [0.3, 0.4) is 0 Å². The van der Waals surface area contributed by atoms with E-state index in [1.807, 2.05) is 48.5 Å². The van der Waals surface area contributed by atoms with Crippen molar-refractivity contribution >= 4 is 5.91 Å². The Morgan fingerprint density at radius 3 is 2.91 bits per heavy atom. The van der Waals surface area contributed by atoms with Gasteiger partial charge < -0.3 is 14.8 Å². The number of H-pyrrole nitrogens is 1. The number of benzene rings is 2. The first kappa shape index (κ1) is 21.8. The molecule has 168 valence electrons. The maximum Gasteiger partial charge on any atom is 0.221 e. The zero-order valence-corrected chi connectivity index (χ0v) is 18.5. The monoisotopic (exact) mass is 435 g/mol. The second-order valence-corrected chi connectivity index (χ2v) is 7.86. The van der Waals surface area contributed by atoms with E-state index < -0.39 is 0 Å². The summed E-state index contributed by atoms with van der Waals surface area (Å²) in [7, 11) is 1.66. The third kappa shape index (κ3) is 5.45. The number of hydrogen-bond donors (Lipinski definition) is 2. The fourth-order valence-electron chi connectivity index (χ4n) is 3.74. The van der Waals surface area contributed by atoms with E-state index in [-0.39, 0.29) is 12.0 Å². The van der Waals surface area contributed by atoms with Gasteiger partial charge in [-0.25, -0.2) is 4.98 Å². The molecular formula is C24H29N5O3. The normalized spacial score (nSPS) is 16.0. The van der Waals surface area contributed by atoms with Gasteiger partial charge >= 0.3 is 0 Å². The second-order valence-electron chi connectivity index (χ2n) is 7.86. The van der Waals surface area contributed by atoms with Gasteiger partial charge in [-0.2, -0.15) is 5.10 Å². The molecule has 0 fully saturated rings. The molecule has 2 N–H and O–H groups in total. The average molecular weight is 436 g/mol. The number of fused-ring (bicyclic) bond motifs is 1. The van der Waals surface area contributed by atoms with Crippen molar-refractivity contribution in [2.24, 2.45) is 0 Å². The maximum absolute atomic E-state index is 12.5. The number of aromatic amines is 1. The lowest BCUT2D eigenvalue weighted by molar-refractivity contribution is -0.121. The van der Waals surface area contributed by atoms with Crippen LogP contribution in [0.15, 0.2) is 48.5 Å². The standard InChI is InChI=1S/C24H29N5O3/c1-3-19-16-29(15-18-13-20(31-2)9-10-21(18)32-19)12-11-23(30)25-14-22-26-24(28-27-22)17-7-5-4-6-8-17/h4-10,13,19H,3,11-12,14-16H2,1-2H3,(H,25,30)(H,26,27,28). The number of aromatic nitrogens is 3. The topological polar surface area (TPSA) is 92.4 Å². The fourth-order valence-corrected chi connectivity index (χ4v) is 3.74. The van der Waals surface area contributed by atoms with Crippen LogP contribution in [-0.2, 0) is 17.9 Å². The summed E-state index contributed by atoms with van der Waals surface area (Å²) in [6.07, 6.45) is 1.40. The van der Waals surface area contributed by atoms with Crippen molar-refractivity contribution in [3.05, 3.63) is 59.9 Å². The molecule has 4 rings (SSSR count). The molecule has 0 bridgehead atoms. The number of carbonyl (C=O) groups excluding carboxylic acids is 1. The number of amides is 1. The van der Waals surface area contributed by atoms with Gasteiger partial charge in [0.15, 0.2) is 5.82 Å². The molecule has 1 aliphatic heterocycles. The van der Waals surface area contributed by atoms with E-state index in [1.54, 1.807) is 7.11 Å². The lowest BCUT2D eigenvalue weighted by atomic mass is 10.1. The van der Waals surface area contributed by atoms with E-state index in [0.717, 1.165) is 42.1 Å². The van der Waals surface area contributed by atoms with Gasteiger partial charge in [-0.1, -0.05) is 37.3 Å². The Hall–Kier alpha value is -3.39. The first-order chi connectivity index (χ1) is 15.6. The van der Waals surface area contributed by atoms with Crippen molar-refractivity contribution in [1.29, 1.82) is 0 Å². The molecule has 0 radical (unpaired) electrons. The number of rotatable bonds is 8. The third-order valence-corrected chi connectivity index (χ3v) is 5.54. The highest BCUT2D eigenvalue weighted by molar-refractivity contribution is 5.76. The van der Waals surface area contributed by atoms with Gasteiger partial charge in [0.25, 0.3) is 0 Å². The van der Waals surface area contributed by atoms with Crippen LogP contribution >= 0.6 is 0 Å². The molecular weight excluding hydrogens is 406 g/mol.